The molecule has 0 aromatic heterocycles. The van der Waals surface area contributed by atoms with Crippen molar-refractivity contribution in [3.05, 3.63) is 12.2 Å². The fraction of sp³-hybridized carbons (Fsp3) is 0.880. The van der Waals surface area contributed by atoms with Gasteiger partial charge in [-0.1, -0.05) is 38.3 Å². The summed E-state index contributed by atoms with van der Waals surface area (Å²) in [5, 5.41) is 10.6. The maximum absolute atomic E-state index is 11.3. The van der Waals surface area contributed by atoms with E-state index in [0.717, 1.165) is 70.9 Å². The van der Waals surface area contributed by atoms with E-state index in [1.165, 1.54) is 12.8 Å². The van der Waals surface area contributed by atoms with Crippen molar-refractivity contribution >= 4 is 6.29 Å². The molecule has 178 valence electrons. The molecule has 3 fully saturated rings. The minimum atomic E-state index is -0.533. The molecule has 0 bridgehead atoms. The lowest BCUT2D eigenvalue weighted by Crippen LogP contribution is -2.31. The zero-order chi connectivity index (χ0) is 21.9. The van der Waals surface area contributed by atoms with E-state index < -0.39 is 6.10 Å². The van der Waals surface area contributed by atoms with Crippen LogP contribution in [-0.2, 0) is 23.7 Å². The fourth-order valence-corrected chi connectivity index (χ4v) is 5.02. The summed E-state index contributed by atoms with van der Waals surface area (Å²) in [7, 11) is 0. The van der Waals surface area contributed by atoms with Crippen LogP contribution in [0.4, 0.5) is 0 Å². The summed E-state index contributed by atoms with van der Waals surface area (Å²) >= 11 is 0. The summed E-state index contributed by atoms with van der Waals surface area (Å²) in [4.78, 5) is 11.3. The average molecular weight is 439 g/mol. The maximum atomic E-state index is 11.3. The number of carbonyl (C=O) groups is 1. The number of hydrogen-bond acceptors (Lipinski definition) is 6. The van der Waals surface area contributed by atoms with Crippen LogP contribution in [0.25, 0.3) is 0 Å². The first kappa shape index (κ1) is 24.8. The smallest absolute Gasteiger partial charge is 0.158 e. The SMILES string of the molecule is CCCCC[C@@H](C=C[C@@H]1[C@@H](CC=O)[C@@H](O)C[C@H]1OC1CCCCO1)OC1CCCCO1. The third-order valence-electron chi connectivity index (χ3n) is 6.83. The Morgan fingerprint density at radius 1 is 1.06 bits per heavy atom. The Morgan fingerprint density at radius 3 is 2.45 bits per heavy atom. The molecule has 6 nitrogen and oxygen atoms in total. The fourth-order valence-electron chi connectivity index (χ4n) is 5.02. The van der Waals surface area contributed by atoms with Crippen molar-refractivity contribution in [1.82, 2.24) is 0 Å². The minimum absolute atomic E-state index is 0.0177. The van der Waals surface area contributed by atoms with Crippen molar-refractivity contribution < 1.29 is 28.8 Å². The summed E-state index contributed by atoms with van der Waals surface area (Å²) in [6, 6.07) is 0. The molecule has 3 aliphatic rings. The van der Waals surface area contributed by atoms with Crippen molar-refractivity contribution in [2.75, 3.05) is 13.2 Å². The highest BCUT2D eigenvalue weighted by molar-refractivity contribution is 5.50. The Kier molecular flexibility index (Phi) is 11.0. The largest absolute Gasteiger partial charge is 0.393 e. The second kappa shape index (κ2) is 13.7. The Labute approximate surface area is 187 Å². The number of rotatable bonds is 12. The van der Waals surface area contributed by atoms with E-state index in [1.807, 2.05) is 0 Å². The van der Waals surface area contributed by atoms with E-state index in [4.69, 9.17) is 18.9 Å². The average Bonchev–Trinajstić information content (AvgIpc) is 3.07. The van der Waals surface area contributed by atoms with E-state index in [2.05, 4.69) is 19.1 Å². The van der Waals surface area contributed by atoms with Gasteiger partial charge in [-0.2, -0.15) is 0 Å². The van der Waals surface area contributed by atoms with Gasteiger partial charge in [0.1, 0.15) is 6.29 Å². The van der Waals surface area contributed by atoms with Gasteiger partial charge in [-0.05, 0) is 44.9 Å². The predicted octanol–water partition coefficient (Wildman–Crippen LogP) is 4.53. The number of aliphatic hydroxyl groups is 1. The Hall–Kier alpha value is -0.790. The number of unbranched alkanes of at least 4 members (excludes halogenated alkanes) is 2. The summed E-state index contributed by atoms with van der Waals surface area (Å²) in [5.74, 6) is -0.139. The van der Waals surface area contributed by atoms with Gasteiger partial charge >= 0.3 is 0 Å². The van der Waals surface area contributed by atoms with E-state index in [0.29, 0.717) is 12.8 Å². The van der Waals surface area contributed by atoms with E-state index >= 15 is 0 Å². The Bertz CT molecular complexity index is 526. The van der Waals surface area contributed by atoms with Gasteiger partial charge < -0.3 is 28.8 Å². The van der Waals surface area contributed by atoms with E-state index in [9.17, 15) is 9.90 Å². The molecule has 0 amide bonds. The quantitative estimate of drug-likeness (QED) is 0.274. The number of carbonyl (C=O) groups excluding carboxylic acids is 1. The molecule has 0 radical (unpaired) electrons. The second-order valence-electron chi connectivity index (χ2n) is 9.27. The first-order valence-electron chi connectivity index (χ1n) is 12.6. The first-order chi connectivity index (χ1) is 15.2. The highest BCUT2D eigenvalue weighted by Gasteiger charge is 2.42. The highest BCUT2D eigenvalue weighted by Crippen LogP contribution is 2.39. The zero-order valence-electron chi connectivity index (χ0n) is 19.2. The lowest BCUT2D eigenvalue weighted by atomic mass is 9.90. The molecule has 2 saturated heterocycles. The molecule has 3 rings (SSSR count). The number of hydrogen-bond donors (Lipinski definition) is 1. The van der Waals surface area contributed by atoms with Crippen molar-refractivity contribution in [3.63, 3.8) is 0 Å². The monoisotopic (exact) mass is 438 g/mol. The Morgan fingerprint density at radius 2 is 1.81 bits per heavy atom. The van der Waals surface area contributed by atoms with Crippen LogP contribution in [0.2, 0.25) is 0 Å². The molecule has 2 unspecified atom stereocenters. The van der Waals surface area contributed by atoms with E-state index in [1.54, 1.807) is 0 Å². The lowest BCUT2D eigenvalue weighted by molar-refractivity contribution is -0.193. The molecule has 6 heteroatoms. The van der Waals surface area contributed by atoms with Gasteiger partial charge in [-0.15, -0.1) is 0 Å². The van der Waals surface area contributed by atoms with E-state index in [-0.39, 0.29) is 36.6 Å². The van der Waals surface area contributed by atoms with Gasteiger partial charge in [0.05, 0.1) is 18.3 Å². The lowest BCUT2D eigenvalue weighted by Gasteiger charge is -2.29. The van der Waals surface area contributed by atoms with Crippen LogP contribution in [0.5, 0.6) is 0 Å². The van der Waals surface area contributed by atoms with Crippen molar-refractivity contribution in [1.29, 1.82) is 0 Å². The number of ether oxygens (including phenoxy) is 4. The molecule has 31 heavy (non-hydrogen) atoms. The molecule has 0 aromatic carbocycles. The van der Waals surface area contributed by atoms with Crippen LogP contribution in [0.1, 0.15) is 84.0 Å². The van der Waals surface area contributed by atoms with Crippen molar-refractivity contribution in [2.45, 2.75) is 115 Å². The molecule has 1 aliphatic carbocycles. The van der Waals surface area contributed by atoms with Crippen LogP contribution in [-0.4, -0.2) is 55.5 Å². The van der Waals surface area contributed by atoms with Crippen LogP contribution >= 0.6 is 0 Å². The standard InChI is InChI=1S/C25H42O6/c1-2-3-4-9-19(30-24-10-5-7-16-28-24)12-13-21-20(14-15-26)22(27)18-23(21)31-25-11-6-8-17-29-25/h12-13,15,19-25,27H,2-11,14,16-18H2,1H3/t19-,20+,21+,22-,23+,24?,25?/m0/s1. The van der Waals surface area contributed by atoms with Crippen molar-refractivity contribution in [3.8, 4) is 0 Å². The molecule has 0 spiro atoms. The minimum Gasteiger partial charge on any atom is -0.393 e. The van der Waals surface area contributed by atoms with Crippen LogP contribution in [0.3, 0.4) is 0 Å². The highest BCUT2D eigenvalue weighted by atomic mass is 16.7. The third-order valence-corrected chi connectivity index (χ3v) is 6.83. The maximum Gasteiger partial charge on any atom is 0.158 e. The Balaban J connectivity index is 1.66. The first-order valence-corrected chi connectivity index (χ1v) is 12.6. The molecule has 1 saturated carbocycles. The molecular weight excluding hydrogens is 396 g/mol. The normalized spacial score (nSPS) is 35.4. The summed E-state index contributed by atoms with van der Waals surface area (Å²) in [6.45, 7) is 3.70. The molecule has 2 aliphatic heterocycles. The molecule has 2 heterocycles. The number of aldehydes is 1. The summed E-state index contributed by atoms with van der Waals surface area (Å²) in [5.41, 5.74) is 0. The van der Waals surface area contributed by atoms with Gasteiger partial charge in [-0.25, -0.2) is 0 Å². The van der Waals surface area contributed by atoms with Crippen molar-refractivity contribution in [2.24, 2.45) is 11.8 Å². The molecular formula is C25H42O6. The van der Waals surface area contributed by atoms with Gasteiger partial charge in [0.25, 0.3) is 0 Å². The number of aliphatic hydroxyl groups excluding tert-OH is 1. The summed E-state index contributed by atoms with van der Waals surface area (Å²) < 4.78 is 24.1. The van der Waals surface area contributed by atoms with Crippen LogP contribution in [0.15, 0.2) is 12.2 Å². The van der Waals surface area contributed by atoms with Gasteiger partial charge in [0, 0.05) is 37.9 Å². The second-order valence-corrected chi connectivity index (χ2v) is 9.27. The predicted molar refractivity (Wildman–Crippen MR) is 118 cm³/mol. The van der Waals surface area contributed by atoms with Crippen LogP contribution in [0, 0.1) is 11.8 Å². The summed E-state index contributed by atoms with van der Waals surface area (Å²) in [6.07, 6.45) is 15.7. The molecule has 0 aromatic rings. The zero-order valence-corrected chi connectivity index (χ0v) is 19.2. The van der Waals surface area contributed by atoms with Gasteiger partial charge in [0.15, 0.2) is 12.6 Å². The van der Waals surface area contributed by atoms with Gasteiger partial charge in [-0.3, -0.25) is 0 Å². The molecule has 1 N–H and O–H groups in total. The van der Waals surface area contributed by atoms with Gasteiger partial charge in [0.2, 0.25) is 0 Å². The molecule has 7 atom stereocenters. The topological polar surface area (TPSA) is 74.2 Å². The van der Waals surface area contributed by atoms with Crippen LogP contribution < -0.4 is 0 Å². The third kappa shape index (κ3) is 7.93.